The average Bonchev–Trinajstić information content (AvgIpc) is 3.41. The number of amidine groups is 1. The van der Waals surface area contributed by atoms with Gasteiger partial charge in [0, 0.05) is 27.0 Å². The van der Waals surface area contributed by atoms with Crippen LogP contribution in [0.3, 0.4) is 0 Å². The lowest BCUT2D eigenvalue weighted by Crippen LogP contribution is -2.47. The van der Waals surface area contributed by atoms with E-state index in [1.54, 1.807) is 11.8 Å². The van der Waals surface area contributed by atoms with Crippen LogP contribution in [-0.2, 0) is 14.5 Å². The Kier molecular flexibility index (Phi) is 4.25. The van der Waals surface area contributed by atoms with Gasteiger partial charge in [-0.1, -0.05) is 58.7 Å². The lowest BCUT2D eigenvalue weighted by molar-refractivity contribution is -0.117. The molecule has 0 saturated carbocycles. The van der Waals surface area contributed by atoms with Gasteiger partial charge in [0.1, 0.15) is 5.25 Å². The molecule has 1 N–H and O–H groups in total. The molecule has 3 aliphatic rings. The largest absolute Gasteiger partial charge is 0.384 e. The van der Waals surface area contributed by atoms with Crippen LogP contribution in [-0.4, -0.2) is 17.0 Å². The van der Waals surface area contributed by atoms with Crippen molar-refractivity contribution in [2.75, 3.05) is 10.2 Å². The number of carbonyl (C=O) groups excluding carboxylic acids is 1. The van der Waals surface area contributed by atoms with Gasteiger partial charge >= 0.3 is 0 Å². The van der Waals surface area contributed by atoms with Crippen molar-refractivity contribution in [2.45, 2.75) is 16.2 Å². The molecule has 0 bridgehead atoms. The van der Waals surface area contributed by atoms with E-state index < -0.39 is 4.87 Å². The number of nitrogens with zero attached hydrogens (tertiary/aromatic N) is 2. The summed E-state index contributed by atoms with van der Waals surface area (Å²) in [4.78, 5) is 20.4. The van der Waals surface area contributed by atoms with Crippen molar-refractivity contribution in [2.24, 2.45) is 5.16 Å². The number of amides is 1. The highest BCUT2D eigenvalue weighted by Gasteiger charge is 2.64. The Morgan fingerprint density at radius 1 is 0.968 bits per heavy atom. The summed E-state index contributed by atoms with van der Waals surface area (Å²) >= 11 is 13.8. The molecule has 3 heterocycles. The summed E-state index contributed by atoms with van der Waals surface area (Å²) < 4.78 is 0. The van der Waals surface area contributed by atoms with Crippen molar-refractivity contribution in [3.05, 3.63) is 94.0 Å². The molecule has 5 nitrogen and oxygen atoms in total. The summed E-state index contributed by atoms with van der Waals surface area (Å²) in [5.41, 5.74) is 3.50. The average molecular weight is 468 g/mol. The molecule has 0 aromatic heterocycles. The van der Waals surface area contributed by atoms with E-state index in [9.17, 15) is 4.79 Å². The van der Waals surface area contributed by atoms with Gasteiger partial charge in [-0.25, -0.2) is 0 Å². The van der Waals surface area contributed by atoms with Crippen molar-refractivity contribution < 1.29 is 9.63 Å². The van der Waals surface area contributed by atoms with Gasteiger partial charge in [0.25, 0.3) is 5.91 Å². The number of nitrogens with one attached hydrogen (secondary N) is 1. The zero-order valence-electron chi connectivity index (χ0n) is 16.0. The number of carbonyl (C=O) groups is 1. The third-order valence-electron chi connectivity index (χ3n) is 5.76. The van der Waals surface area contributed by atoms with E-state index in [4.69, 9.17) is 28.0 Å². The molecule has 6 rings (SSSR count). The Morgan fingerprint density at radius 2 is 1.65 bits per heavy atom. The van der Waals surface area contributed by atoms with Crippen LogP contribution in [0.5, 0.6) is 0 Å². The molecule has 1 amide bonds. The molecule has 3 aromatic carbocycles. The maximum absolute atomic E-state index is 13.5. The molecule has 31 heavy (non-hydrogen) atoms. The number of hydrogen-bond acceptors (Lipinski definition) is 5. The van der Waals surface area contributed by atoms with Gasteiger partial charge in [0.05, 0.1) is 0 Å². The summed E-state index contributed by atoms with van der Waals surface area (Å²) in [7, 11) is 0. The van der Waals surface area contributed by atoms with Gasteiger partial charge in [0.2, 0.25) is 4.87 Å². The molecule has 3 aliphatic heterocycles. The minimum Gasteiger partial charge on any atom is -0.384 e. The number of rotatable bonds is 2. The van der Waals surface area contributed by atoms with Crippen LogP contribution in [0.4, 0.5) is 11.4 Å². The summed E-state index contributed by atoms with van der Waals surface area (Å²) in [6.07, 6.45) is -0.327. The van der Waals surface area contributed by atoms with Crippen LogP contribution in [0.25, 0.3) is 0 Å². The van der Waals surface area contributed by atoms with E-state index in [0.717, 1.165) is 22.5 Å². The second kappa shape index (κ2) is 6.92. The normalized spacial score (nSPS) is 25.8. The van der Waals surface area contributed by atoms with Crippen LogP contribution in [0.1, 0.15) is 17.2 Å². The molecular formula is C23H15Cl2N3O2S. The maximum atomic E-state index is 13.5. The summed E-state index contributed by atoms with van der Waals surface area (Å²) in [6, 6.07) is 22.8. The minimum atomic E-state index is -0.984. The van der Waals surface area contributed by atoms with Gasteiger partial charge in [-0.05, 0) is 48.0 Å². The molecule has 154 valence electrons. The number of anilines is 2. The fourth-order valence-corrected chi connectivity index (χ4v) is 6.35. The first kappa shape index (κ1) is 19.0. The monoisotopic (exact) mass is 467 g/mol. The van der Waals surface area contributed by atoms with E-state index in [0.29, 0.717) is 15.9 Å². The van der Waals surface area contributed by atoms with Crippen LogP contribution in [0, 0.1) is 0 Å². The highest BCUT2D eigenvalue weighted by Crippen LogP contribution is 2.60. The van der Waals surface area contributed by atoms with E-state index in [2.05, 4.69) is 10.5 Å². The molecule has 3 atom stereocenters. The highest BCUT2D eigenvalue weighted by atomic mass is 35.5. The van der Waals surface area contributed by atoms with Crippen molar-refractivity contribution in [3.8, 4) is 0 Å². The van der Waals surface area contributed by atoms with Crippen LogP contribution < -0.4 is 10.2 Å². The van der Waals surface area contributed by atoms with Crippen molar-refractivity contribution in [1.82, 2.24) is 0 Å². The van der Waals surface area contributed by atoms with E-state index >= 15 is 0 Å². The van der Waals surface area contributed by atoms with Gasteiger partial charge in [-0.3, -0.25) is 9.69 Å². The Labute approximate surface area is 193 Å². The van der Waals surface area contributed by atoms with Gasteiger partial charge in [-0.2, -0.15) is 0 Å². The molecule has 1 saturated heterocycles. The number of thioether (sulfide) groups is 1. The first-order valence-electron chi connectivity index (χ1n) is 9.72. The Bertz CT molecular complexity index is 1230. The standard InChI is InChI=1S/C23H15Cl2N3O2S/c24-14-7-5-13(6-8-14)19-20-21(27-30-19)28(16-11-9-15(25)10-12-16)23(31-20)17-3-1-2-4-18(17)26-22(23)29/h1-12,19-20H,(H,26,29). The van der Waals surface area contributed by atoms with E-state index in [-0.39, 0.29) is 17.3 Å². The SMILES string of the molecule is O=C1Nc2ccccc2C12SC1C(=NOC1c1ccc(Cl)cc1)N2c1ccc(Cl)cc1. The molecule has 0 radical (unpaired) electrons. The predicted molar refractivity (Wildman–Crippen MR) is 125 cm³/mol. The summed E-state index contributed by atoms with van der Waals surface area (Å²) in [5, 5.41) is 8.62. The topological polar surface area (TPSA) is 53.9 Å². The number of oxime groups is 1. The quantitative estimate of drug-likeness (QED) is 0.516. The summed E-state index contributed by atoms with van der Waals surface area (Å²) in [5.74, 6) is 0.611. The highest BCUT2D eigenvalue weighted by molar-refractivity contribution is 8.03. The number of fused-ring (bicyclic) bond motifs is 3. The zero-order valence-corrected chi connectivity index (χ0v) is 18.3. The number of hydrogen-bond donors (Lipinski definition) is 1. The first-order valence-corrected chi connectivity index (χ1v) is 11.4. The van der Waals surface area contributed by atoms with E-state index in [1.165, 1.54) is 0 Å². The second-order valence-corrected chi connectivity index (χ2v) is 9.73. The lowest BCUT2D eigenvalue weighted by Gasteiger charge is -2.33. The third-order valence-corrected chi connectivity index (χ3v) is 7.91. The third kappa shape index (κ3) is 2.72. The minimum absolute atomic E-state index is 0.0967. The van der Waals surface area contributed by atoms with Crippen LogP contribution >= 0.6 is 35.0 Å². The molecule has 8 heteroatoms. The maximum Gasteiger partial charge on any atom is 0.266 e. The van der Waals surface area contributed by atoms with Crippen molar-refractivity contribution in [1.29, 1.82) is 0 Å². The Morgan fingerprint density at radius 3 is 2.39 bits per heavy atom. The predicted octanol–water partition coefficient (Wildman–Crippen LogP) is 5.81. The van der Waals surface area contributed by atoms with Crippen molar-refractivity contribution >= 4 is 58.1 Å². The molecule has 3 unspecified atom stereocenters. The molecule has 1 spiro atoms. The van der Waals surface area contributed by atoms with Gasteiger partial charge < -0.3 is 10.2 Å². The zero-order chi connectivity index (χ0) is 21.2. The molecule has 1 fully saturated rings. The Balaban J connectivity index is 1.52. The Hall–Kier alpha value is -2.67. The van der Waals surface area contributed by atoms with Crippen LogP contribution in [0.2, 0.25) is 10.0 Å². The molecule has 0 aliphatic carbocycles. The first-order chi connectivity index (χ1) is 15.1. The van der Waals surface area contributed by atoms with Crippen LogP contribution in [0.15, 0.2) is 78.0 Å². The van der Waals surface area contributed by atoms with Gasteiger partial charge in [0.15, 0.2) is 11.9 Å². The van der Waals surface area contributed by atoms with Gasteiger partial charge in [-0.15, -0.1) is 11.8 Å². The molecule has 3 aromatic rings. The molecular weight excluding hydrogens is 453 g/mol. The summed E-state index contributed by atoms with van der Waals surface area (Å²) in [6.45, 7) is 0. The fourth-order valence-electron chi connectivity index (χ4n) is 4.38. The smallest absolute Gasteiger partial charge is 0.266 e. The lowest BCUT2D eigenvalue weighted by atomic mass is 10.0. The van der Waals surface area contributed by atoms with E-state index in [1.807, 2.05) is 77.7 Å². The second-order valence-electron chi connectivity index (χ2n) is 7.52. The van der Waals surface area contributed by atoms with Crippen molar-refractivity contribution in [3.63, 3.8) is 0 Å². The number of benzene rings is 3. The number of para-hydroxylation sites is 1. The fraction of sp³-hybridized carbons (Fsp3) is 0.130. The number of halogens is 2.